The van der Waals surface area contributed by atoms with Gasteiger partial charge in [-0.25, -0.2) is 0 Å². The molecule has 0 aliphatic carbocycles. The first-order valence-electron chi connectivity index (χ1n) is 9.06. The highest BCUT2D eigenvalue weighted by Gasteiger charge is 2.26. The Morgan fingerprint density at radius 3 is 2.41 bits per heavy atom. The number of hydrogen-bond acceptors (Lipinski definition) is 6. The van der Waals surface area contributed by atoms with Gasteiger partial charge in [-0.05, 0) is 36.2 Å². The zero-order chi connectivity index (χ0) is 21.0. The van der Waals surface area contributed by atoms with Crippen molar-refractivity contribution in [1.82, 2.24) is 0 Å². The Labute approximate surface area is 169 Å². The molecular formula is C21H24N2O6. The number of fused-ring (bicyclic) bond motifs is 1. The molecule has 0 saturated heterocycles. The Balaban J connectivity index is 1.87. The number of carbonyl (C=O) groups is 2. The van der Waals surface area contributed by atoms with Crippen LogP contribution in [-0.2, 0) is 16.0 Å². The fourth-order valence-electron chi connectivity index (χ4n) is 3.40. The first-order chi connectivity index (χ1) is 14.0. The Morgan fingerprint density at radius 2 is 1.76 bits per heavy atom. The van der Waals surface area contributed by atoms with E-state index in [0.29, 0.717) is 29.3 Å². The summed E-state index contributed by atoms with van der Waals surface area (Å²) in [6.07, 6.45) is 0.766. The van der Waals surface area contributed by atoms with Gasteiger partial charge in [0.25, 0.3) is 11.8 Å². The molecule has 1 aliphatic rings. The zero-order valence-corrected chi connectivity index (χ0v) is 16.9. The maximum atomic E-state index is 12.9. The quantitative estimate of drug-likeness (QED) is 0.769. The predicted octanol–water partition coefficient (Wildman–Crippen LogP) is 2.50. The molecule has 0 aromatic heterocycles. The molecule has 0 atom stereocenters. The van der Waals surface area contributed by atoms with E-state index < -0.39 is 0 Å². The number of benzene rings is 2. The SMILES string of the molecule is COCC(=O)N1CCc2ccc(NC(=O)c3ccc(OC)c(OC)c3OC)cc21. The van der Waals surface area contributed by atoms with Crippen molar-refractivity contribution >= 4 is 23.2 Å². The molecule has 2 aromatic carbocycles. The maximum absolute atomic E-state index is 12.9. The van der Waals surface area contributed by atoms with E-state index in [0.717, 1.165) is 17.7 Å². The van der Waals surface area contributed by atoms with E-state index in [-0.39, 0.29) is 24.2 Å². The average Bonchev–Trinajstić information content (AvgIpc) is 3.15. The molecule has 1 N–H and O–H groups in total. The van der Waals surface area contributed by atoms with Crippen LogP contribution in [0.25, 0.3) is 0 Å². The summed E-state index contributed by atoms with van der Waals surface area (Å²) in [6, 6.07) is 8.77. The minimum atomic E-state index is -0.365. The van der Waals surface area contributed by atoms with Crippen molar-refractivity contribution < 1.29 is 28.5 Å². The Bertz CT molecular complexity index is 928. The molecule has 8 nitrogen and oxygen atoms in total. The highest BCUT2D eigenvalue weighted by Crippen LogP contribution is 2.40. The summed E-state index contributed by atoms with van der Waals surface area (Å²) in [7, 11) is 5.94. The van der Waals surface area contributed by atoms with Crippen LogP contribution in [-0.4, -0.2) is 53.4 Å². The van der Waals surface area contributed by atoms with Crippen LogP contribution >= 0.6 is 0 Å². The van der Waals surface area contributed by atoms with Gasteiger partial charge in [0.1, 0.15) is 6.61 Å². The van der Waals surface area contributed by atoms with Crippen molar-refractivity contribution in [3.8, 4) is 17.2 Å². The van der Waals surface area contributed by atoms with Crippen molar-refractivity contribution in [2.45, 2.75) is 6.42 Å². The highest BCUT2D eigenvalue weighted by atomic mass is 16.5. The molecule has 3 rings (SSSR count). The van der Waals surface area contributed by atoms with Gasteiger partial charge in [0.2, 0.25) is 5.75 Å². The van der Waals surface area contributed by atoms with Gasteiger partial charge >= 0.3 is 0 Å². The van der Waals surface area contributed by atoms with Gasteiger partial charge in [0.15, 0.2) is 11.5 Å². The summed E-state index contributed by atoms with van der Waals surface area (Å²) in [5.74, 6) is 0.605. The lowest BCUT2D eigenvalue weighted by Crippen LogP contribution is -2.32. The Kier molecular flexibility index (Phi) is 6.23. The second kappa shape index (κ2) is 8.83. The third-order valence-electron chi connectivity index (χ3n) is 4.76. The van der Waals surface area contributed by atoms with Gasteiger partial charge in [-0.1, -0.05) is 6.07 Å². The van der Waals surface area contributed by atoms with E-state index in [9.17, 15) is 9.59 Å². The largest absolute Gasteiger partial charge is 0.493 e. The number of anilines is 2. The van der Waals surface area contributed by atoms with Crippen LogP contribution < -0.4 is 24.4 Å². The van der Waals surface area contributed by atoms with Crippen molar-refractivity contribution in [3.63, 3.8) is 0 Å². The van der Waals surface area contributed by atoms with Crippen molar-refractivity contribution in [3.05, 3.63) is 41.5 Å². The second-order valence-corrected chi connectivity index (χ2v) is 6.41. The van der Waals surface area contributed by atoms with Crippen LogP contribution in [0.15, 0.2) is 30.3 Å². The van der Waals surface area contributed by atoms with Gasteiger partial charge in [-0.15, -0.1) is 0 Å². The molecule has 0 bridgehead atoms. The lowest BCUT2D eigenvalue weighted by Gasteiger charge is -2.18. The molecule has 0 fully saturated rings. The van der Waals surface area contributed by atoms with Crippen LogP contribution in [0.3, 0.4) is 0 Å². The molecule has 0 saturated carbocycles. The van der Waals surface area contributed by atoms with Crippen molar-refractivity contribution in [1.29, 1.82) is 0 Å². The van der Waals surface area contributed by atoms with Crippen molar-refractivity contribution in [2.75, 3.05) is 51.8 Å². The van der Waals surface area contributed by atoms with Crippen LogP contribution in [0.1, 0.15) is 15.9 Å². The molecule has 2 aromatic rings. The number of ether oxygens (including phenoxy) is 4. The van der Waals surface area contributed by atoms with Crippen LogP contribution in [0, 0.1) is 0 Å². The van der Waals surface area contributed by atoms with Crippen LogP contribution in [0.4, 0.5) is 11.4 Å². The summed E-state index contributed by atoms with van der Waals surface area (Å²) in [5, 5.41) is 2.86. The predicted molar refractivity (Wildman–Crippen MR) is 108 cm³/mol. The normalized spacial score (nSPS) is 12.3. The number of rotatable bonds is 7. The maximum Gasteiger partial charge on any atom is 0.259 e. The average molecular weight is 400 g/mol. The molecule has 0 spiro atoms. The number of methoxy groups -OCH3 is 4. The molecular weight excluding hydrogens is 376 g/mol. The molecule has 0 radical (unpaired) electrons. The molecule has 2 amide bonds. The molecule has 0 unspecified atom stereocenters. The van der Waals surface area contributed by atoms with Gasteiger partial charge in [0.05, 0.1) is 26.9 Å². The first-order valence-corrected chi connectivity index (χ1v) is 9.06. The molecule has 29 heavy (non-hydrogen) atoms. The molecule has 1 aliphatic heterocycles. The summed E-state index contributed by atoms with van der Waals surface area (Å²) in [5.41, 5.74) is 2.71. The zero-order valence-electron chi connectivity index (χ0n) is 16.9. The number of carbonyl (C=O) groups excluding carboxylic acids is 2. The topological polar surface area (TPSA) is 86.3 Å². The third-order valence-corrected chi connectivity index (χ3v) is 4.76. The second-order valence-electron chi connectivity index (χ2n) is 6.41. The van der Waals surface area contributed by atoms with Crippen molar-refractivity contribution in [2.24, 2.45) is 0 Å². The molecule has 8 heteroatoms. The fraction of sp³-hybridized carbons (Fsp3) is 0.333. The lowest BCUT2D eigenvalue weighted by atomic mass is 10.1. The van der Waals surface area contributed by atoms with Crippen LogP contribution in [0.5, 0.6) is 17.2 Å². The van der Waals surface area contributed by atoms with E-state index >= 15 is 0 Å². The summed E-state index contributed by atoms with van der Waals surface area (Å²) >= 11 is 0. The summed E-state index contributed by atoms with van der Waals surface area (Å²) in [4.78, 5) is 26.8. The van der Waals surface area contributed by atoms with E-state index in [2.05, 4.69) is 5.32 Å². The number of nitrogens with zero attached hydrogens (tertiary/aromatic N) is 1. The molecule has 154 valence electrons. The van der Waals surface area contributed by atoms with Gasteiger partial charge < -0.3 is 29.2 Å². The monoisotopic (exact) mass is 400 g/mol. The number of nitrogens with one attached hydrogen (secondary N) is 1. The summed E-state index contributed by atoms with van der Waals surface area (Å²) in [6.45, 7) is 0.608. The lowest BCUT2D eigenvalue weighted by molar-refractivity contribution is -0.122. The van der Waals surface area contributed by atoms with Gasteiger partial charge in [-0.2, -0.15) is 0 Å². The minimum absolute atomic E-state index is 0.0128. The minimum Gasteiger partial charge on any atom is -0.493 e. The van der Waals surface area contributed by atoms with E-state index in [4.69, 9.17) is 18.9 Å². The third kappa shape index (κ3) is 3.97. The van der Waals surface area contributed by atoms with E-state index in [1.165, 1.54) is 28.4 Å². The number of hydrogen-bond donors (Lipinski definition) is 1. The molecule has 1 heterocycles. The standard InChI is InChI=1S/C21H24N2O6/c1-26-12-18(24)23-10-9-13-5-6-14(11-16(13)23)22-21(25)15-7-8-17(27-2)20(29-4)19(15)28-3/h5-8,11H,9-10,12H2,1-4H3,(H,22,25). The van der Waals surface area contributed by atoms with Gasteiger partial charge in [-0.3, -0.25) is 9.59 Å². The summed E-state index contributed by atoms with van der Waals surface area (Å²) < 4.78 is 20.9. The Morgan fingerprint density at radius 1 is 1.00 bits per heavy atom. The van der Waals surface area contributed by atoms with E-state index in [1.807, 2.05) is 12.1 Å². The highest BCUT2D eigenvalue weighted by molar-refractivity contribution is 6.07. The van der Waals surface area contributed by atoms with Crippen LogP contribution in [0.2, 0.25) is 0 Å². The smallest absolute Gasteiger partial charge is 0.259 e. The first kappa shape index (κ1) is 20.5. The van der Waals surface area contributed by atoms with E-state index in [1.54, 1.807) is 23.1 Å². The van der Waals surface area contributed by atoms with Gasteiger partial charge in [0, 0.05) is 25.0 Å². The Hall–Kier alpha value is -3.26. The fourth-order valence-corrected chi connectivity index (χ4v) is 3.40. The number of amides is 2.